The fourth-order valence-electron chi connectivity index (χ4n) is 1.33. The standard InChI is InChI=1S/C10H7F8NO.ClH/c11-8(12,9(13,14)15)7(19)5-3-1-2-4-6(5)20-10(16,17)18;/h1-4,7H,19H2;1H/t7-;/m1./s1. The van der Waals surface area contributed by atoms with Crippen LogP contribution in [0.2, 0.25) is 0 Å². The third-order valence-electron chi connectivity index (χ3n) is 2.25. The highest BCUT2D eigenvalue weighted by Gasteiger charge is 2.62. The second kappa shape index (κ2) is 6.22. The lowest BCUT2D eigenvalue weighted by atomic mass is 10.00. The van der Waals surface area contributed by atoms with E-state index in [-0.39, 0.29) is 12.4 Å². The molecule has 0 aromatic heterocycles. The monoisotopic (exact) mass is 345 g/mol. The van der Waals surface area contributed by atoms with Gasteiger partial charge < -0.3 is 10.5 Å². The minimum atomic E-state index is -6.00. The number of rotatable bonds is 3. The summed E-state index contributed by atoms with van der Waals surface area (Å²) in [6, 6.07) is 0.107. The maximum Gasteiger partial charge on any atom is 0.573 e. The van der Waals surface area contributed by atoms with E-state index in [9.17, 15) is 35.1 Å². The molecule has 0 spiro atoms. The molecular weight excluding hydrogens is 338 g/mol. The van der Waals surface area contributed by atoms with E-state index in [1.807, 2.05) is 0 Å². The molecule has 0 fully saturated rings. The van der Waals surface area contributed by atoms with E-state index in [2.05, 4.69) is 4.74 Å². The van der Waals surface area contributed by atoms with Gasteiger partial charge in [-0.2, -0.15) is 22.0 Å². The van der Waals surface area contributed by atoms with Crippen LogP contribution in [0.5, 0.6) is 5.75 Å². The minimum Gasteiger partial charge on any atom is -0.405 e. The van der Waals surface area contributed by atoms with Crippen molar-refractivity contribution in [1.82, 2.24) is 0 Å². The molecular formula is C10H8ClF8NO. The Labute approximate surface area is 119 Å². The van der Waals surface area contributed by atoms with Crippen LogP contribution in [0.15, 0.2) is 24.3 Å². The van der Waals surface area contributed by atoms with Gasteiger partial charge in [0.25, 0.3) is 0 Å². The van der Waals surface area contributed by atoms with E-state index >= 15 is 0 Å². The summed E-state index contributed by atoms with van der Waals surface area (Å²) < 4.78 is 102. The molecule has 1 aromatic carbocycles. The van der Waals surface area contributed by atoms with Crippen LogP contribution in [-0.4, -0.2) is 18.5 Å². The van der Waals surface area contributed by atoms with Gasteiger partial charge in [-0.3, -0.25) is 0 Å². The number of para-hydroxylation sites is 1. The molecule has 0 radical (unpaired) electrons. The Balaban J connectivity index is 0.00000400. The van der Waals surface area contributed by atoms with Crippen molar-refractivity contribution in [2.45, 2.75) is 24.5 Å². The largest absolute Gasteiger partial charge is 0.573 e. The van der Waals surface area contributed by atoms with Crippen LogP contribution in [0.1, 0.15) is 11.6 Å². The highest BCUT2D eigenvalue weighted by atomic mass is 35.5. The highest BCUT2D eigenvalue weighted by Crippen LogP contribution is 2.45. The maximum atomic E-state index is 13.0. The maximum absolute atomic E-state index is 13.0. The lowest BCUT2D eigenvalue weighted by molar-refractivity contribution is -0.292. The van der Waals surface area contributed by atoms with Gasteiger partial charge in [0.05, 0.1) is 0 Å². The molecule has 21 heavy (non-hydrogen) atoms. The van der Waals surface area contributed by atoms with E-state index in [1.165, 1.54) is 0 Å². The van der Waals surface area contributed by atoms with E-state index in [1.54, 1.807) is 0 Å². The first kappa shape index (κ1) is 19.7. The van der Waals surface area contributed by atoms with Gasteiger partial charge in [-0.05, 0) is 6.07 Å². The summed E-state index contributed by atoms with van der Waals surface area (Å²) in [4.78, 5) is 0. The predicted molar refractivity (Wildman–Crippen MR) is 58.3 cm³/mol. The summed E-state index contributed by atoms with van der Waals surface area (Å²) in [6.07, 6.45) is -11.2. The Bertz CT molecular complexity index is 473. The summed E-state index contributed by atoms with van der Waals surface area (Å²) in [5.41, 5.74) is 3.66. The van der Waals surface area contributed by atoms with Crippen molar-refractivity contribution in [3.8, 4) is 5.75 Å². The van der Waals surface area contributed by atoms with E-state index in [4.69, 9.17) is 5.73 Å². The van der Waals surface area contributed by atoms with Crippen molar-refractivity contribution in [2.75, 3.05) is 0 Å². The molecule has 11 heteroatoms. The van der Waals surface area contributed by atoms with Gasteiger partial charge in [-0.1, -0.05) is 18.2 Å². The molecule has 0 saturated heterocycles. The number of benzene rings is 1. The first-order valence-corrected chi connectivity index (χ1v) is 4.91. The average molecular weight is 346 g/mol. The molecule has 1 rings (SSSR count). The summed E-state index contributed by atoms with van der Waals surface area (Å²) in [5.74, 6) is -6.62. The third kappa shape index (κ3) is 4.60. The van der Waals surface area contributed by atoms with Crippen LogP contribution in [-0.2, 0) is 0 Å². The molecule has 0 unspecified atom stereocenters. The molecule has 122 valence electrons. The zero-order valence-corrected chi connectivity index (χ0v) is 10.6. The van der Waals surface area contributed by atoms with Gasteiger partial charge in [0.15, 0.2) is 0 Å². The Hall–Kier alpha value is -1.29. The van der Waals surface area contributed by atoms with Crippen molar-refractivity contribution in [2.24, 2.45) is 5.73 Å². The minimum absolute atomic E-state index is 0. The molecule has 0 heterocycles. The predicted octanol–water partition coefficient (Wildman–Crippen LogP) is 4.20. The molecule has 2 nitrogen and oxygen atoms in total. The van der Waals surface area contributed by atoms with Gasteiger partial charge >= 0.3 is 18.5 Å². The van der Waals surface area contributed by atoms with Crippen LogP contribution >= 0.6 is 12.4 Å². The van der Waals surface area contributed by atoms with Gasteiger partial charge in [0.2, 0.25) is 0 Å². The molecule has 0 aliphatic heterocycles. The first-order valence-electron chi connectivity index (χ1n) is 4.91. The van der Waals surface area contributed by atoms with Gasteiger partial charge in [-0.25, -0.2) is 0 Å². The molecule has 0 saturated carbocycles. The van der Waals surface area contributed by atoms with Crippen molar-refractivity contribution < 1.29 is 39.9 Å². The normalized spacial score (nSPS) is 14.3. The highest BCUT2D eigenvalue weighted by molar-refractivity contribution is 5.85. The Morgan fingerprint density at radius 3 is 1.81 bits per heavy atom. The average Bonchev–Trinajstić information content (AvgIpc) is 2.25. The molecule has 0 bridgehead atoms. The fraction of sp³-hybridized carbons (Fsp3) is 0.400. The van der Waals surface area contributed by atoms with Crippen LogP contribution in [0.25, 0.3) is 0 Å². The first-order chi connectivity index (χ1) is 8.86. The van der Waals surface area contributed by atoms with Crippen molar-refractivity contribution in [3.63, 3.8) is 0 Å². The summed E-state index contributed by atoms with van der Waals surface area (Å²) in [5, 5.41) is 0. The van der Waals surface area contributed by atoms with Gasteiger partial charge in [0, 0.05) is 5.56 Å². The number of halogens is 9. The second-order valence-electron chi connectivity index (χ2n) is 3.68. The number of hydrogen-bond donors (Lipinski definition) is 1. The van der Waals surface area contributed by atoms with Crippen molar-refractivity contribution in [1.29, 1.82) is 0 Å². The summed E-state index contributed by atoms with van der Waals surface area (Å²) in [7, 11) is 0. The van der Waals surface area contributed by atoms with Crippen LogP contribution in [0.4, 0.5) is 35.1 Å². The van der Waals surface area contributed by atoms with Crippen LogP contribution in [0, 0.1) is 0 Å². The molecule has 0 amide bonds. The Morgan fingerprint density at radius 1 is 0.905 bits per heavy atom. The zero-order valence-electron chi connectivity index (χ0n) is 9.80. The summed E-state index contributed by atoms with van der Waals surface area (Å²) >= 11 is 0. The van der Waals surface area contributed by atoms with E-state index < -0.39 is 35.8 Å². The lowest BCUT2D eigenvalue weighted by Crippen LogP contribution is -2.46. The van der Waals surface area contributed by atoms with Crippen molar-refractivity contribution >= 4 is 12.4 Å². The number of ether oxygens (including phenoxy) is 1. The van der Waals surface area contributed by atoms with Gasteiger partial charge in [0.1, 0.15) is 11.8 Å². The molecule has 0 aliphatic carbocycles. The molecule has 2 N–H and O–H groups in total. The lowest BCUT2D eigenvalue weighted by Gasteiger charge is -2.27. The second-order valence-corrected chi connectivity index (χ2v) is 3.68. The number of hydrogen-bond acceptors (Lipinski definition) is 2. The topological polar surface area (TPSA) is 35.2 Å². The number of nitrogens with two attached hydrogens (primary N) is 1. The molecule has 1 aromatic rings. The van der Waals surface area contributed by atoms with E-state index in [0.29, 0.717) is 12.1 Å². The van der Waals surface area contributed by atoms with E-state index in [0.717, 1.165) is 12.1 Å². The summed E-state index contributed by atoms with van der Waals surface area (Å²) in [6.45, 7) is 0. The smallest absolute Gasteiger partial charge is 0.405 e. The fourth-order valence-corrected chi connectivity index (χ4v) is 1.33. The molecule has 1 atom stereocenters. The van der Waals surface area contributed by atoms with Crippen molar-refractivity contribution in [3.05, 3.63) is 29.8 Å². The SMILES string of the molecule is Cl.N[C@H](c1ccccc1OC(F)(F)F)C(F)(F)C(F)(F)F. The zero-order chi connectivity index (χ0) is 15.8. The van der Waals surface area contributed by atoms with Gasteiger partial charge in [-0.15, -0.1) is 25.6 Å². The van der Waals surface area contributed by atoms with Crippen LogP contribution in [0.3, 0.4) is 0 Å². The number of alkyl halides is 8. The third-order valence-corrected chi connectivity index (χ3v) is 2.25. The quantitative estimate of drug-likeness (QED) is 0.833. The molecule has 0 aliphatic rings. The van der Waals surface area contributed by atoms with Crippen LogP contribution < -0.4 is 10.5 Å². The Kier molecular flexibility index (Phi) is 5.84. The Morgan fingerprint density at radius 2 is 1.38 bits per heavy atom.